The Morgan fingerprint density at radius 2 is 1.84 bits per heavy atom. The van der Waals surface area contributed by atoms with E-state index in [0.29, 0.717) is 38.6 Å². The van der Waals surface area contributed by atoms with Crippen LogP contribution in [0.3, 0.4) is 0 Å². The van der Waals surface area contributed by atoms with E-state index >= 15 is 0 Å². The molecule has 4 rings (SSSR count). The van der Waals surface area contributed by atoms with Crippen LogP contribution in [0.15, 0.2) is 35.2 Å². The third-order valence-electron chi connectivity index (χ3n) is 7.74. The molecule has 1 aromatic carbocycles. The Labute approximate surface area is 262 Å². The van der Waals surface area contributed by atoms with Crippen molar-refractivity contribution in [3.05, 3.63) is 40.4 Å². The molecule has 11 nitrogen and oxygen atoms in total. The summed E-state index contributed by atoms with van der Waals surface area (Å²) in [4.78, 5) is 54.6. The average Bonchev–Trinajstić information content (AvgIpc) is 3.35. The summed E-state index contributed by atoms with van der Waals surface area (Å²) in [6, 6.07) is 2.02. The molecule has 2 aliphatic heterocycles. The number of benzene rings is 1. The lowest BCUT2D eigenvalue weighted by molar-refractivity contribution is -0.141. The van der Waals surface area contributed by atoms with Gasteiger partial charge in [0.25, 0.3) is 15.9 Å². The van der Waals surface area contributed by atoms with Crippen LogP contribution in [0.1, 0.15) is 72.1 Å². The normalized spacial score (nSPS) is 27.5. The van der Waals surface area contributed by atoms with Crippen LogP contribution in [0.25, 0.3) is 0 Å². The monoisotopic (exact) mass is 656 g/mol. The molecule has 1 saturated carbocycles. The molecule has 236 valence electrons. The summed E-state index contributed by atoms with van der Waals surface area (Å²) in [6.45, 7) is 5.48. The highest BCUT2D eigenvalue weighted by atomic mass is 35.5. The first-order valence-corrected chi connectivity index (χ1v) is 16.7. The average molecular weight is 658 g/mol. The van der Waals surface area contributed by atoms with Gasteiger partial charge >= 0.3 is 6.09 Å². The van der Waals surface area contributed by atoms with Crippen LogP contribution >= 0.6 is 23.2 Å². The Morgan fingerprint density at radius 3 is 2.53 bits per heavy atom. The molecule has 1 aliphatic carbocycles. The van der Waals surface area contributed by atoms with E-state index in [0.717, 1.165) is 12.8 Å². The summed E-state index contributed by atoms with van der Waals surface area (Å²) in [5.74, 6) is -2.30. The maximum atomic E-state index is 13.7. The van der Waals surface area contributed by atoms with Crippen LogP contribution in [-0.2, 0) is 29.1 Å². The first-order chi connectivity index (χ1) is 20.1. The molecule has 14 heteroatoms. The van der Waals surface area contributed by atoms with Crippen LogP contribution in [0.4, 0.5) is 4.79 Å². The molecule has 0 aromatic heterocycles. The van der Waals surface area contributed by atoms with E-state index in [-0.39, 0.29) is 21.4 Å². The van der Waals surface area contributed by atoms with Gasteiger partial charge in [0.15, 0.2) is 0 Å². The number of carbonyl (C=O) groups is 4. The fourth-order valence-electron chi connectivity index (χ4n) is 5.50. The van der Waals surface area contributed by atoms with Crippen molar-refractivity contribution in [2.75, 3.05) is 6.54 Å². The maximum Gasteiger partial charge on any atom is 0.408 e. The highest BCUT2D eigenvalue weighted by molar-refractivity contribution is 7.90. The predicted molar refractivity (Wildman–Crippen MR) is 161 cm³/mol. The van der Waals surface area contributed by atoms with Gasteiger partial charge in [-0.05, 0) is 77.5 Å². The van der Waals surface area contributed by atoms with Crippen molar-refractivity contribution in [1.82, 2.24) is 20.3 Å². The van der Waals surface area contributed by atoms with Gasteiger partial charge in [-0.15, -0.1) is 0 Å². The fraction of sp³-hybridized carbons (Fsp3) is 0.586. The number of sulfonamides is 1. The number of amides is 4. The number of fused-ring (bicyclic) bond motifs is 2. The minimum absolute atomic E-state index is 0.154. The minimum Gasteiger partial charge on any atom is -0.444 e. The molecule has 1 aromatic rings. The number of allylic oxidation sites excluding steroid dienone is 1. The van der Waals surface area contributed by atoms with Crippen molar-refractivity contribution in [3.63, 3.8) is 0 Å². The van der Waals surface area contributed by atoms with E-state index in [1.54, 1.807) is 20.8 Å². The summed E-state index contributed by atoms with van der Waals surface area (Å²) in [6.07, 6.45) is 7.46. The van der Waals surface area contributed by atoms with Crippen LogP contribution in [0, 0.1) is 5.92 Å². The van der Waals surface area contributed by atoms with Gasteiger partial charge in [0, 0.05) is 17.5 Å². The summed E-state index contributed by atoms with van der Waals surface area (Å²) < 4.78 is 33.7. The third-order valence-corrected chi connectivity index (χ3v) is 9.79. The standard InChI is InChI=1S/C29H38Cl2N4O7S/c1-28(2,3)42-27(39)32-21-11-8-6-4-5-7-10-18-17-29(18,33-24(36)22-12-9-15-35(22)25(21)37)26(38)34-43(40,41)23-14-13-19(30)16-20(23)31/h7,10,13-14,16,18,21-22H,4-6,8-9,11-12,15,17H2,1-3H3,(H,32,39)(H,33,36)(H,34,38)/b10-7-/t18-,21+,22+,29-/m1/s1. The lowest BCUT2D eigenvalue weighted by atomic mass is 10.0. The molecule has 2 fully saturated rings. The first-order valence-electron chi connectivity index (χ1n) is 14.4. The second-order valence-electron chi connectivity index (χ2n) is 12.2. The first kappa shape index (κ1) is 33.1. The van der Waals surface area contributed by atoms with E-state index in [4.69, 9.17) is 27.9 Å². The van der Waals surface area contributed by atoms with Crippen molar-refractivity contribution >= 4 is 57.0 Å². The number of nitrogens with one attached hydrogen (secondary N) is 3. The van der Waals surface area contributed by atoms with Crippen LogP contribution < -0.4 is 15.4 Å². The highest BCUT2D eigenvalue weighted by Gasteiger charge is 2.61. The van der Waals surface area contributed by atoms with Gasteiger partial charge in [0.05, 0.1) is 5.02 Å². The summed E-state index contributed by atoms with van der Waals surface area (Å²) >= 11 is 12.0. The van der Waals surface area contributed by atoms with Gasteiger partial charge in [-0.1, -0.05) is 48.2 Å². The quantitative estimate of drug-likeness (QED) is 0.413. The second-order valence-corrected chi connectivity index (χ2v) is 14.7. The van der Waals surface area contributed by atoms with Crippen molar-refractivity contribution in [2.24, 2.45) is 5.92 Å². The predicted octanol–water partition coefficient (Wildman–Crippen LogP) is 4.08. The molecule has 0 bridgehead atoms. The van der Waals surface area contributed by atoms with Crippen LogP contribution in [0.5, 0.6) is 0 Å². The minimum atomic E-state index is -4.39. The molecule has 4 amide bonds. The molecule has 4 atom stereocenters. The van der Waals surface area contributed by atoms with Crippen LogP contribution in [0.2, 0.25) is 10.0 Å². The van der Waals surface area contributed by atoms with Gasteiger partial charge in [0.2, 0.25) is 11.8 Å². The number of rotatable bonds is 4. The lowest BCUT2D eigenvalue weighted by Gasteiger charge is -2.30. The van der Waals surface area contributed by atoms with Crippen molar-refractivity contribution in [3.8, 4) is 0 Å². The van der Waals surface area contributed by atoms with Crippen LogP contribution in [-0.4, -0.2) is 66.9 Å². The zero-order chi connectivity index (χ0) is 31.6. The fourth-order valence-corrected chi connectivity index (χ4v) is 7.32. The van der Waals surface area contributed by atoms with Gasteiger partial charge in [-0.25, -0.2) is 17.9 Å². The van der Waals surface area contributed by atoms with E-state index in [1.165, 1.54) is 23.1 Å². The molecule has 0 spiro atoms. The number of hydrogen-bond donors (Lipinski definition) is 3. The van der Waals surface area contributed by atoms with Crippen molar-refractivity contribution < 1.29 is 32.3 Å². The molecular formula is C29H38Cl2N4O7S. The van der Waals surface area contributed by atoms with E-state index in [2.05, 4.69) is 15.4 Å². The zero-order valence-corrected chi connectivity index (χ0v) is 26.8. The molecule has 2 heterocycles. The molecule has 1 saturated heterocycles. The number of carbonyl (C=O) groups excluding carboxylic acids is 4. The molecule has 43 heavy (non-hydrogen) atoms. The lowest BCUT2D eigenvalue weighted by Crippen LogP contribution is -2.58. The number of hydrogen-bond acceptors (Lipinski definition) is 7. The summed E-state index contributed by atoms with van der Waals surface area (Å²) in [5.41, 5.74) is -2.28. The molecule has 0 unspecified atom stereocenters. The third kappa shape index (κ3) is 8.02. The van der Waals surface area contributed by atoms with E-state index < -0.39 is 63.0 Å². The Balaban J connectivity index is 1.57. The maximum absolute atomic E-state index is 13.7. The summed E-state index contributed by atoms with van der Waals surface area (Å²) in [5, 5.41) is 5.55. The zero-order valence-electron chi connectivity index (χ0n) is 24.5. The molecule has 3 aliphatic rings. The van der Waals surface area contributed by atoms with Crippen molar-refractivity contribution in [2.45, 2.75) is 100 Å². The van der Waals surface area contributed by atoms with E-state index in [9.17, 15) is 27.6 Å². The van der Waals surface area contributed by atoms with Gasteiger partial charge < -0.3 is 20.3 Å². The number of halogens is 2. The Kier molecular flexibility index (Phi) is 10.0. The number of alkyl carbamates (subject to hydrolysis) is 1. The number of nitrogens with zero attached hydrogens (tertiary/aromatic N) is 1. The van der Waals surface area contributed by atoms with Gasteiger partial charge in [-0.2, -0.15) is 0 Å². The van der Waals surface area contributed by atoms with E-state index in [1.807, 2.05) is 12.2 Å². The van der Waals surface area contributed by atoms with Gasteiger partial charge in [0.1, 0.15) is 28.1 Å². The smallest absolute Gasteiger partial charge is 0.408 e. The largest absolute Gasteiger partial charge is 0.444 e. The van der Waals surface area contributed by atoms with Crippen molar-refractivity contribution in [1.29, 1.82) is 0 Å². The highest BCUT2D eigenvalue weighted by Crippen LogP contribution is 2.46. The Hall–Kier alpha value is -2.83. The number of ether oxygens (including phenoxy) is 1. The van der Waals surface area contributed by atoms with Gasteiger partial charge in [-0.3, -0.25) is 14.4 Å². The Morgan fingerprint density at radius 1 is 1.09 bits per heavy atom. The second kappa shape index (κ2) is 13.0. The topological polar surface area (TPSA) is 151 Å². The summed E-state index contributed by atoms with van der Waals surface area (Å²) in [7, 11) is -4.39. The Bertz CT molecular complexity index is 1410. The molecular weight excluding hydrogens is 619 g/mol. The molecule has 0 radical (unpaired) electrons. The molecule has 3 N–H and O–H groups in total. The SMILES string of the molecule is CC(C)(C)OC(=O)N[C@H]1CCCCC/C=C\[C@@H]2C[C@@]2(C(=O)NS(=O)(=O)c2ccc(Cl)cc2Cl)NC(=O)[C@@H]2CCCN2C1=O.